The second-order valence-electron chi connectivity index (χ2n) is 4.29. The highest BCUT2D eigenvalue weighted by atomic mass is 19.1. The summed E-state index contributed by atoms with van der Waals surface area (Å²) in [6.07, 6.45) is -1.60. The molecule has 4 N–H and O–H groups in total. The van der Waals surface area contributed by atoms with Crippen LogP contribution in [-0.4, -0.2) is 35.0 Å². The Labute approximate surface area is 119 Å². The van der Waals surface area contributed by atoms with Crippen molar-refractivity contribution < 1.29 is 28.6 Å². The maximum Gasteiger partial charge on any atom is 0.326 e. The number of rotatable bonds is 7. The van der Waals surface area contributed by atoms with Crippen molar-refractivity contribution in [3.8, 4) is 5.75 Å². The second kappa shape index (κ2) is 7.22. The highest BCUT2D eigenvalue weighted by Crippen LogP contribution is 2.13. The molecule has 0 radical (unpaired) electrons. The van der Waals surface area contributed by atoms with Crippen molar-refractivity contribution in [2.24, 2.45) is 5.73 Å². The number of hydrogen-bond acceptors (Lipinski definition) is 4. The van der Waals surface area contributed by atoms with Gasteiger partial charge in [-0.25, -0.2) is 9.18 Å². The van der Waals surface area contributed by atoms with E-state index in [0.29, 0.717) is 0 Å². The number of hydrogen-bond donors (Lipinski definition) is 3. The van der Waals surface area contributed by atoms with Crippen LogP contribution in [0.1, 0.15) is 13.3 Å². The number of ether oxygens (including phenoxy) is 1. The molecule has 21 heavy (non-hydrogen) atoms. The third-order valence-corrected chi connectivity index (χ3v) is 2.50. The van der Waals surface area contributed by atoms with E-state index in [-0.39, 0.29) is 5.75 Å². The van der Waals surface area contributed by atoms with Crippen LogP contribution >= 0.6 is 0 Å². The van der Waals surface area contributed by atoms with Crippen LogP contribution in [0.15, 0.2) is 24.3 Å². The SMILES string of the molecule is CC(Oc1cccc(F)c1)C(=O)N[C@H](CC(N)=O)C(=O)O. The first-order valence-corrected chi connectivity index (χ1v) is 6.03. The standard InChI is InChI=1S/C13H15FN2O5/c1-7(21-9-4-2-3-8(14)5-9)12(18)16-10(13(19)20)6-11(15)17/h2-5,7,10H,6H2,1H3,(H2,15,17)(H,16,18)(H,19,20)/t7?,10-/m1/s1. The Morgan fingerprint density at radius 3 is 2.62 bits per heavy atom. The highest BCUT2D eigenvalue weighted by Gasteiger charge is 2.25. The zero-order valence-corrected chi connectivity index (χ0v) is 11.2. The Hall–Kier alpha value is -2.64. The summed E-state index contributed by atoms with van der Waals surface area (Å²) in [5, 5.41) is 11.0. The van der Waals surface area contributed by atoms with Crippen LogP contribution in [0.5, 0.6) is 5.75 Å². The number of carbonyl (C=O) groups is 3. The summed E-state index contributed by atoms with van der Waals surface area (Å²) in [6.45, 7) is 1.36. The number of nitrogens with two attached hydrogens (primary N) is 1. The topological polar surface area (TPSA) is 119 Å². The summed E-state index contributed by atoms with van der Waals surface area (Å²) in [6, 6.07) is 3.72. The number of benzene rings is 1. The van der Waals surface area contributed by atoms with Crippen LogP contribution in [0.25, 0.3) is 0 Å². The van der Waals surface area contributed by atoms with Crippen molar-refractivity contribution in [3.05, 3.63) is 30.1 Å². The molecule has 0 saturated carbocycles. The lowest BCUT2D eigenvalue weighted by atomic mass is 10.2. The van der Waals surface area contributed by atoms with Crippen LogP contribution in [0.3, 0.4) is 0 Å². The zero-order valence-electron chi connectivity index (χ0n) is 11.2. The van der Waals surface area contributed by atoms with Gasteiger partial charge in [0.25, 0.3) is 5.91 Å². The summed E-state index contributed by atoms with van der Waals surface area (Å²) in [4.78, 5) is 33.4. The molecule has 7 nitrogen and oxygen atoms in total. The van der Waals surface area contributed by atoms with Gasteiger partial charge in [-0.15, -0.1) is 0 Å². The van der Waals surface area contributed by atoms with Crippen LogP contribution in [-0.2, 0) is 14.4 Å². The van der Waals surface area contributed by atoms with E-state index in [1.54, 1.807) is 0 Å². The van der Waals surface area contributed by atoms with E-state index < -0.39 is 42.2 Å². The first-order chi connectivity index (χ1) is 9.79. The molecule has 1 unspecified atom stereocenters. The highest BCUT2D eigenvalue weighted by molar-refractivity contribution is 5.89. The van der Waals surface area contributed by atoms with Gasteiger partial charge in [-0.1, -0.05) is 6.07 Å². The summed E-state index contributed by atoms with van der Waals surface area (Å²) >= 11 is 0. The maximum absolute atomic E-state index is 13.0. The minimum atomic E-state index is -1.44. The Morgan fingerprint density at radius 2 is 2.10 bits per heavy atom. The van der Waals surface area contributed by atoms with Crippen LogP contribution in [0.4, 0.5) is 4.39 Å². The molecule has 1 aromatic carbocycles. The van der Waals surface area contributed by atoms with Crippen molar-refractivity contribution >= 4 is 17.8 Å². The van der Waals surface area contributed by atoms with Gasteiger partial charge < -0.3 is 20.9 Å². The predicted octanol–water partition coefficient (Wildman–Crippen LogP) is 0.0378. The minimum Gasteiger partial charge on any atom is -0.481 e. The zero-order chi connectivity index (χ0) is 16.0. The first-order valence-electron chi connectivity index (χ1n) is 6.03. The summed E-state index contributed by atoms with van der Waals surface area (Å²) in [5.74, 6) is -3.41. The Morgan fingerprint density at radius 1 is 1.43 bits per heavy atom. The lowest BCUT2D eigenvalue weighted by molar-refractivity contribution is -0.144. The van der Waals surface area contributed by atoms with Crippen LogP contribution in [0.2, 0.25) is 0 Å². The van der Waals surface area contributed by atoms with Gasteiger partial charge in [-0.3, -0.25) is 9.59 Å². The molecule has 8 heteroatoms. The summed E-state index contributed by atoms with van der Waals surface area (Å²) < 4.78 is 18.1. The van der Waals surface area contributed by atoms with Gasteiger partial charge in [0.1, 0.15) is 17.6 Å². The van der Waals surface area contributed by atoms with Crippen LogP contribution < -0.4 is 15.8 Å². The monoisotopic (exact) mass is 298 g/mol. The molecule has 114 valence electrons. The van der Waals surface area contributed by atoms with Crippen molar-refractivity contribution in [2.45, 2.75) is 25.5 Å². The van der Waals surface area contributed by atoms with Gasteiger partial charge in [0, 0.05) is 6.07 Å². The molecule has 1 aromatic rings. The van der Waals surface area contributed by atoms with E-state index in [9.17, 15) is 18.8 Å². The molecule has 0 spiro atoms. The molecule has 0 saturated heterocycles. The average Bonchev–Trinajstić information content (AvgIpc) is 2.37. The molecular formula is C13H15FN2O5. The van der Waals surface area contributed by atoms with E-state index in [2.05, 4.69) is 5.32 Å². The van der Waals surface area contributed by atoms with Crippen molar-refractivity contribution in [3.63, 3.8) is 0 Å². The van der Waals surface area contributed by atoms with E-state index >= 15 is 0 Å². The quantitative estimate of drug-likeness (QED) is 0.656. The lowest BCUT2D eigenvalue weighted by Crippen LogP contribution is -2.47. The van der Waals surface area contributed by atoms with E-state index in [1.165, 1.54) is 25.1 Å². The van der Waals surface area contributed by atoms with Crippen molar-refractivity contribution in [1.29, 1.82) is 0 Å². The van der Waals surface area contributed by atoms with Gasteiger partial charge in [-0.05, 0) is 19.1 Å². The van der Waals surface area contributed by atoms with Crippen LogP contribution in [0, 0.1) is 5.82 Å². The fourth-order valence-electron chi connectivity index (χ4n) is 1.49. The lowest BCUT2D eigenvalue weighted by Gasteiger charge is -2.18. The van der Waals surface area contributed by atoms with Gasteiger partial charge >= 0.3 is 5.97 Å². The van der Waals surface area contributed by atoms with Gasteiger partial charge in [-0.2, -0.15) is 0 Å². The first kappa shape index (κ1) is 16.4. The average molecular weight is 298 g/mol. The Balaban J connectivity index is 2.64. The maximum atomic E-state index is 13.0. The van der Waals surface area contributed by atoms with E-state index in [1.807, 2.05) is 0 Å². The fourth-order valence-corrected chi connectivity index (χ4v) is 1.49. The summed E-state index contributed by atoms with van der Waals surface area (Å²) in [7, 11) is 0. The molecule has 2 atom stereocenters. The molecule has 0 fully saturated rings. The number of primary amides is 1. The molecular weight excluding hydrogens is 283 g/mol. The van der Waals surface area contributed by atoms with Crippen molar-refractivity contribution in [2.75, 3.05) is 0 Å². The molecule has 0 aromatic heterocycles. The third-order valence-electron chi connectivity index (χ3n) is 2.50. The Kier molecular flexibility index (Phi) is 5.65. The van der Waals surface area contributed by atoms with Gasteiger partial charge in [0.2, 0.25) is 5.91 Å². The van der Waals surface area contributed by atoms with Crippen molar-refractivity contribution in [1.82, 2.24) is 5.32 Å². The number of aliphatic carboxylic acids is 1. The molecule has 0 heterocycles. The smallest absolute Gasteiger partial charge is 0.326 e. The molecule has 0 aliphatic rings. The molecule has 0 aliphatic heterocycles. The second-order valence-corrected chi connectivity index (χ2v) is 4.29. The summed E-state index contributed by atoms with van der Waals surface area (Å²) in [5.41, 5.74) is 4.90. The third kappa shape index (κ3) is 5.47. The fraction of sp³-hybridized carbons (Fsp3) is 0.308. The van der Waals surface area contributed by atoms with E-state index in [4.69, 9.17) is 15.6 Å². The van der Waals surface area contributed by atoms with Gasteiger partial charge in [0.05, 0.1) is 6.42 Å². The molecule has 1 rings (SSSR count). The number of carboxylic acids is 1. The normalized spacial score (nSPS) is 13.0. The molecule has 0 aliphatic carbocycles. The predicted molar refractivity (Wildman–Crippen MR) is 69.9 cm³/mol. The van der Waals surface area contributed by atoms with E-state index in [0.717, 1.165) is 6.07 Å². The number of nitrogens with one attached hydrogen (secondary N) is 1. The minimum absolute atomic E-state index is 0.124. The number of amides is 2. The molecule has 0 bridgehead atoms. The Bertz CT molecular complexity index is 549. The number of halogens is 1. The van der Waals surface area contributed by atoms with Gasteiger partial charge in [0.15, 0.2) is 6.10 Å². The number of carboxylic acid groups (broad SMARTS) is 1. The number of carbonyl (C=O) groups excluding carboxylic acids is 2. The molecule has 2 amide bonds. The largest absolute Gasteiger partial charge is 0.481 e.